The number of nitrogens with zero attached hydrogens (tertiary/aromatic N) is 1. The van der Waals surface area contributed by atoms with Crippen molar-refractivity contribution in [1.82, 2.24) is 15.2 Å². The lowest BCUT2D eigenvalue weighted by atomic mass is 9.97. The first-order valence-corrected chi connectivity index (χ1v) is 12.0. The third-order valence-corrected chi connectivity index (χ3v) is 6.81. The number of aromatic amines is 1. The van der Waals surface area contributed by atoms with Gasteiger partial charge in [-0.1, -0.05) is 18.2 Å². The highest BCUT2D eigenvalue weighted by Crippen LogP contribution is 2.31. The topological polar surface area (TPSA) is 132 Å². The van der Waals surface area contributed by atoms with Crippen molar-refractivity contribution in [2.75, 3.05) is 5.32 Å². The van der Waals surface area contributed by atoms with Crippen molar-refractivity contribution in [2.24, 2.45) is 0 Å². The number of imide groups is 1. The monoisotopic (exact) mass is 488 g/mol. The van der Waals surface area contributed by atoms with E-state index in [4.69, 9.17) is 0 Å². The summed E-state index contributed by atoms with van der Waals surface area (Å²) in [6, 6.07) is 12.0. The van der Waals surface area contributed by atoms with Gasteiger partial charge in [-0.2, -0.15) is 0 Å². The van der Waals surface area contributed by atoms with Crippen LogP contribution in [0.15, 0.2) is 42.5 Å². The second kappa shape index (κ2) is 8.91. The van der Waals surface area contributed by atoms with Crippen molar-refractivity contribution in [3.05, 3.63) is 64.8 Å². The number of nitrogens with one attached hydrogen (secondary N) is 3. The molecule has 2 aromatic carbocycles. The molecule has 0 spiro atoms. The molecule has 1 atom stereocenters. The summed E-state index contributed by atoms with van der Waals surface area (Å²) in [4.78, 5) is 54.7. The molecule has 2 aliphatic heterocycles. The van der Waals surface area contributed by atoms with Gasteiger partial charge in [0.2, 0.25) is 11.8 Å². The van der Waals surface area contributed by atoms with Crippen LogP contribution in [0.1, 0.15) is 65.1 Å². The fourth-order valence-corrected chi connectivity index (χ4v) is 4.93. The van der Waals surface area contributed by atoms with Crippen molar-refractivity contribution in [2.45, 2.75) is 57.7 Å². The van der Waals surface area contributed by atoms with Gasteiger partial charge in [0.05, 0.1) is 5.60 Å². The Morgan fingerprint density at radius 2 is 1.94 bits per heavy atom. The molecule has 9 nitrogen and oxygen atoms in total. The molecule has 3 aromatic rings. The Kier molecular flexibility index (Phi) is 5.88. The predicted octanol–water partition coefficient (Wildman–Crippen LogP) is 2.88. The van der Waals surface area contributed by atoms with Gasteiger partial charge < -0.3 is 20.3 Å². The van der Waals surface area contributed by atoms with Gasteiger partial charge in [-0.3, -0.25) is 24.5 Å². The number of para-hydroxylation sites is 1. The van der Waals surface area contributed by atoms with E-state index in [1.165, 1.54) is 4.90 Å². The maximum atomic E-state index is 13.3. The van der Waals surface area contributed by atoms with Crippen LogP contribution in [-0.2, 0) is 22.6 Å². The molecule has 3 heterocycles. The molecule has 5 rings (SSSR count). The number of aromatic nitrogens is 1. The number of hydrogen-bond donors (Lipinski definition) is 4. The summed E-state index contributed by atoms with van der Waals surface area (Å²) in [6.07, 6.45) is 1.50. The molecule has 0 aliphatic carbocycles. The number of aliphatic hydroxyl groups is 1. The Balaban J connectivity index is 1.37. The Morgan fingerprint density at radius 1 is 1.17 bits per heavy atom. The molecule has 1 fully saturated rings. The molecule has 0 bridgehead atoms. The van der Waals surface area contributed by atoms with E-state index in [1.54, 1.807) is 32.0 Å². The number of aryl methyl sites for hydroxylation is 1. The van der Waals surface area contributed by atoms with Gasteiger partial charge in [0, 0.05) is 35.1 Å². The first-order chi connectivity index (χ1) is 17.1. The highest BCUT2D eigenvalue weighted by Gasteiger charge is 2.39. The van der Waals surface area contributed by atoms with Crippen LogP contribution < -0.4 is 10.6 Å². The van der Waals surface area contributed by atoms with Crippen molar-refractivity contribution in [3.8, 4) is 0 Å². The standard InChI is InChI=1S/C27H28N4O5/c1-27(2,36)12-11-19-18-5-3-4-6-20(18)29-23(19)25(34)28-16-7-8-17-15(13-16)14-31(26(17)35)21-9-10-22(32)30-24(21)33/h3-8,13,21,29,36H,9-12,14H2,1-2H3,(H,28,34)(H,30,32,33). The van der Waals surface area contributed by atoms with Gasteiger partial charge in [0.15, 0.2) is 0 Å². The summed E-state index contributed by atoms with van der Waals surface area (Å²) >= 11 is 0. The number of anilines is 1. The van der Waals surface area contributed by atoms with Gasteiger partial charge in [-0.05, 0) is 68.5 Å². The molecule has 2 aliphatic rings. The Labute approximate surface area is 207 Å². The normalized spacial score (nSPS) is 17.9. The van der Waals surface area contributed by atoms with Crippen molar-refractivity contribution >= 4 is 40.2 Å². The van der Waals surface area contributed by atoms with Crippen LogP contribution in [0.5, 0.6) is 0 Å². The van der Waals surface area contributed by atoms with Crippen LogP contribution in [0.25, 0.3) is 10.9 Å². The fraction of sp³-hybridized carbons (Fsp3) is 0.333. The van der Waals surface area contributed by atoms with E-state index in [0.717, 1.165) is 16.5 Å². The SMILES string of the molecule is CC(C)(O)CCc1c(C(=O)Nc2ccc3c(c2)CN(C2CCC(=O)NC2=O)C3=O)[nH]c2ccccc12. The third kappa shape index (κ3) is 4.49. The van der Waals surface area contributed by atoms with Gasteiger partial charge in [-0.25, -0.2) is 0 Å². The molecule has 9 heteroatoms. The molecule has 1 unspecified atom stereocenters. The smallest absolute Gasteiger partial charge is 0.272 e. The van der Waals surface area contributed by atoms with E-state index < -0.39 is 17.6 Å². The summed E-state index contributed by atoms with van der Waals surface area (Å²) in [5.74, 6) is -1.37. The maximum absolute atomic E-state index is 13.3. The van der Waals surface area contributed by atoms with Crippen LogP contribution in [0.3, 0.4) is 0 Å². The highest BCUT2D eigenvalue weighted by molar-refractivity contribution is 6.09. The second-order valence-corrected chi connectivity index (χ2v) is 10.1. The van der Waals surface area contributed by atoms with E-state index >= 15 is 0 Å². The quantitative estimate of drug-likeness (QED) is 0.396. The number of piperidine rings is 1. The van der Waals surface area contributed by atoms with Crippen molar-refractivity contribution in [3.63, 3.8) is 0 Å². The summed E-state index contributed by atoms with van der Waals surface area (Å²) in [6.45, 7) is 3.71. The lowest BCUT2D eigenvalue weighted by Crippen LogP contribution is -2.52. The van der Waals surface area contributed by atoms with Crippen LogP contribution in [0.2, 0.25) is 0 Å². The van der Waals surface area contributed by atoms with E-state index in [2.05, 4.69) is 15.6 Å². The van der Waals surface area contributed by atoms with E-state index in [1.807, 2.05) is 24.3 Å². The largest absolute Gasteiger partial charge is 0.390 e. The number of benzene rings is 2. The number of carbonyl (C=O) groups is 4. The number of amides is 4. The Bertz CT molecular complexity index is 1400. The van der Waals surface area contributed by atoms with Crippen molar-refractivity contribution in [1.29, 1.82) is 0 Å². The lowest BCUT2D eigenvalue weighted by Gasteiger charge is -2.29. The molecule has 1 saturated heterocycles. The molecule has 0 saturated carbocycles. The number of carbonyl (C=O) groups excluding carboxylic acids is 4. The molecule has 36 heavy (non-hydrogen) atoms. The first-order valence-electron chi connectivity index (χ1n) is 12.0. The van der Waals surface area contributed by atoms with Gasteiger partial charge in [-0.15, -0.1) is 0 Å². The summed E-state index contributed by atoms with van der Waals surface area (Å²) in [5.41, 5.74) is 2.97. The van der Waals surface area contributed by atoms with Crippen LogP contribution >= 0.6 is 0 Å². The predicted molar refractivity (Wildman–Crippen MR) is 133 cm³/mol. The summed E-state index contributed by atoms with van der Waals surface area (Å²) < 4.78 is 0. The van der Waals surface area contributed by atoms with Crippen LogP contribution in [0.4, 0.5) is 5.69 Å². The molecule has 4 amide bonds. The van der Waals surface area contributed by atoms with Gasteiger partial charge in [0.25, 0.3) is 11.8 Å². The number of fused-ring (bicyclic) bond motifs is 2. The molecule has 0 radical (unpaired) electrons. The number of H-pyrrole nitrogens is 1. The number of hydrogen-bond acceptors (Lipinski definition) is 5. The van der Waals surface area contributed by atoms with Crippen molar-refractivity contribution < 1.29 is 24.3 Å². The minimum absolute atomic E-state index is 0.193. The highest BCUT2D eigenvalue weighted by atomic mass is 16.3. The third-order valence-electron chi connectivity index (χ3n) is 6.81. The van der Waals surface area contributed by atoms with Crippen LogP contribution in [-0.4, -0.2) is 50.3 Å². The molecule has 4 N–H and O–H groups in total. The fourth-order valence-electron chi connectivity index (χ4n) is 4.93. The summed E-state index contributed by atoms with van der Waals surface area (Å²) in [7, 11) is 0. The molecular weight excluding hydrogens is 460 g/mol. The number of rotatable bonds is 6. The van der Waals surface area contributed by atoms with E-state index in [0.29, 0.717) is 41.8 Å². The molecule has 1 aromatic heterocycles. The first kappa shape index (κ1) is 23.7. The Hall–Kier alpha value is -3.98. The lowest BCUT2D eigenvalue weighted by molar-refractivity contribution is -0.136. The zero-order valence-electron chi connectivity index (χ0n) is 20.2. The van der Waals surface area contributed by atoms with E-state index in [-0.39, 0.29) is 30.7 Å². The Morgan fingerprint density at radius 3 is 2.69 bits per heavy atom. The van der Waals surface area contributed by atoms with Gasteiger partial charge >= 0.3 is 0 Å². The zero-order valence-corrected chi connectivity index (χ0v) is 20.2. The minimum Gasteiger partial charge on any atom is -0.390 e. The second-order valence-electron chi connectivity index (χ2n) is 10.1. The zero-order chi connectivity index (χ0) is 25.6. The van der Waals surface area contributed by atoms with Gasteiger partial charge in [0.1, 0.15) is 11.7 Å². The average molecular weight is 489 g/mol. The maximum Gasteiger partial charge on any atom is 0.272 e. The average Bonchev–Trinajstić information content (AvgIpc) is 3.35. The molecular formula is C27H28N4O5. The summed E-state index contributed by atoms with van der Waals surface area (Å²) in [5, 5.41) is 16.4. The molecule has 186 valence electrons. The van der Waals surface area contributed by atoms with E-state index in [9.17, 15) is 24.3 Å². The van der Waals surface area contributed by atoms with Crippen LogP contribution in [0, 0.1) is 0 Å². The minimum atomic E-state index is -0.868.